The highest BCUT2D eigenvalue weighted by Crippen LogP contribution is 2.16. The largest absolute Gasteiger partial charge is 0.441 e. The van der Waals surface area contributed by atoms with Crippen LogP contribution in [0.3, 0.4) is 0 Å². The molecule has 0 aliphatic carbocycles. The molecule has 5 nitrogen and oxygen atoms in total. The summed E-state index contributed by atoms with van der Waals surface area (Å²) < 4.78 is 44.6. The van der Waals surface area contributed by atoms with E-state index in [2.05, 4.69) is 4.40 Å². The molecule has 0 aliphatic heterocycles. The van der Waals surface area contributed by atoms with Crippen LogP contribution < -0.4 is 10.5 Å². The molecule has 0 aliphatic rings. The number of rotatable bonds is 5. The second-order valence-electron chi connectivity index (χ2n) is 4.40. The second-order valence-corrected chi connectivity index (χ2v) is 6.58. The van der Waals surface area contributed by atoms with E-state index in [9.17, 15) is 12.8 Å². The van der Waals surface area contributed by atoms with E-state index in [-0.39, 0.29) is 11.6 Å². The first-order valence-electron chi connectivity index (χ1n) is 5.91. The number of hydrogen-bond acceptors (Lipinski definition) is 4. The Balaban J connectivity index is 2.76. The highest BCUT2D eigenvalue weighted by atomic mass is 32.2. The lowest BCUT2D eigenvalue weighted by atomic mass is 10.2. The lowest BCUT2D eigenvalue weighted by molar-refractivity contribution is 0.417. The number of sulfonamides is 1. The predicted octanol–water partition coefficient (Wildman–Crippen LogP) is 2.12. The van der Waals surface area contributed by atoms with Crippen molar-refractivity contribution >= 4 is 16.2 Å². The van der Waals surface area contributed by atoms with E-state index in [1.54, 1.807) is 19.1 Å². The van der Waals surface area contributed by atoms with Gasteiger partial charge in [0.1, 0.15) is 11.6 Å². The molecule has 0 saturated carbocycles. The third kappa shape index (κ3) is 4.65. The van der Waals surface area contributed by atoms with Crippen molar-refractivity contribution in [2.45, 2.75) is 26.0 Å². The molecule has 1 aromatic carbocycles. The first kappa shape index (κ1) is 16.2. The molecule has 110 valence electrons. The van der Waals surface area contributed by atoms with Crippen molar-refractivity contribution < 1.29 is 17.5 Å². The van der Waals surface area contributed by atoms with Crippen LogP contribution in [0.2, 0.25) is 0 Å². The molecule has 0 saturated heterocycles. The van der Waals surface area contributed by atoms with Gasteiger partial charge in [0, 0.05) is 18.4 Å². The van der Waals surface area contributed by atoms with Gasteiger partial charge in [0.25, 0.3) is 10.0 Å². The predicted molar refractivity (Wildman–Crippen MR) is 76.6 cm³/mol. The molecule has 0 aromatic heterocycles. The van der Waals surface area contributed by atoms with Crippen LogP contribution in [0.15, 0.2) is 34.6 Å². The van der Waals surface area contributed by atoms with Crippen molar-refractivity contribution in [1.29, 1.82) is 0 Å². The van der Waals surface area contributed by atoms with Gasteiger partial charge in [-0.15, -0.1) is 0 Å². The first-order chi connectivity index (χ1) is 9.22. The summed E-state index contributed by atoms with van der Waals surface area (Å²) in [5, 5.41) is -0.611. The molecule has 0 bridgehead atoms. The Labute approximate surface area is 118 Å². The third-order valence-corrected chi connectivity index (χ3v) is 4.03. The minimum atomic E-state index is -3.53. The van der Waals surface area contributed by atoms with Gasteiger partial charge in [0.15, 0.2) is 5.88 Å². The van der Waals surface area contributed by atoms with E-state index in [1.165, 1.54) is 26.0 Å². The number of benzene rings is 1. The number of nitrogens with two attached hydrogens (primary N) is 1. The van der Waals surface area contributed by atoms with Crippen LogP contribution in [-0.4, -0.2) is 19.9 Å². The zero-order valence-electron chi connectivity index (χ0n) is 11.5. The van der Waals surface area contributed by atoms with Gasteiger partial charge in [-0.05, 0) is 32.4 Å². The van der Waals surface area contributed by atoms with Gasteiger partial charge >= 0.3 is 0 Å². The fraction of sp³-hybridized carbons (Fsp3) is 0.308. The number of aryl methyl sites for hydroxylation is 1. The Hall–Kier alpha value is -1.89. The molecule has 0 spiro atoms. The Bertz CT molecular complexity index is 637. The molecule has 20 heavy (non-hydrogen) atoms. The average molecular weight is 300 g/mol. The van der Waals surface area contributed by atoms with Gasteiger partial charge in [-0.25, -0.2) is 12.8 Å². The summed E-state index contributed by atoms with van der Waals surface area (Å²) in [5.74, 6) is -0.274. The summed E-state index contributed by atoms with van der Waals surface area (Å²) in [4.78, 5) is 0. The molecule has 0 heterocycles. The molecule has 0 fully saturated rings. The molecule has 2 N–H and O–H groups in total. The van der Waals surface area contributed by atoms with Crippen LogP contribution >= 0.6 is 0 Å². The summed E-state index contributed by atoms with van der Waals surface area (Å²) in [6.45, 7) is 4.67. The molecule has 1 aromatic rings. The van der Waals surface area contributed by atoms with Gasteiger partial charge in [-0.3, -0.25) is 0 Å². The van der Waals surface area contributed by atoms with Gasteiger partial charge in [0.2, 0.25) is 0 Å². The van der Waals surface area contributed by atoms with E-state index in [0.29, 0.717) is 5.56 Å². The Morgan fingerprint density at radius 2 is 2.10 bits per heavy atom. The number of ether oxygens (including phenoxy) is 1. The van der Waals surface area contributed by atoms with E-state index in [4.69, 9.17) is 10.5 Å². The minimum absolute atomic E-state index is 0.0871. The summed E-state index contributed by atoms with van der Waals surface area (Å²) in [7, 11) is -3.53. The van der Waals surface area contributed by atoms with Crippen molar-refractivity contribution in [2.75, 3.05) is 0 Å². The maximum atomic E-state index is 13.3. The highest BCUT2D eigenvalue weighted by Gasteiger charge is 2.12. The monoisotopic (exact) mass is 300 g/mol. The Morgan fingerprint density at radius 3 is 2.65 bits per heavy atom. The van der Waals surface area contributed by atoms with E-state index in [1.807, 2.05) is 0 Å². The van der Waals surface area contributed by atoms with Crippen LogP contribution in [0.25, 0.3) is 0 Å². The number of halogens is 1. The third-order valence-electron chi connectivity index (χ3n) is 2.42. The molecular formula is C13H17FN2O3S. The fourth-order valence-corrected chi connectivity index (χ4v) is 1.59. The first-order valence-corrected chi connectivity index (χ1v) is 7.41. The molecular weight excluding hydrogens is 283 g/mol. The van der Waals surface area contributed by atoms with Gasteiger partial charge in [0.05, 0.1) is 5.25 Å². The fourth-order valence-electron chi connectivity index (χ4n) is 1.12. The lowest BCUT2D eigenvalue weighted by Crippen LogP contribution is -2.11. The minimum Gasteiger partial charge on any atom is -0.441 e. The average Bonchev–Trinajstić information content (AvgIpc) is 2.33. The second kappa shape index (κ2) is 6.51. The molecule has 0 unspecified atom stereocenters. The zero-order chi connectivity index (χ0) is 15.3. The Kier molecular flexibility index (Phi) is 5.26. The summed E-state index contributed by atoms with van der Waals surface area (Å²) in [6, 6.07) is 4.30. The van der Waals surface area contributed by atoms with Crippen LogP contribution in [0.4, 0.5) is 4.39 Å². The normalized spacial score (nSPS) is 13.2. The number of nitrogens with zero attached hydrogens (tertiary/aromatic N) is 1. The molecule has 0 amide bonds. The van der Waals surface area contributed by atoms with Gasteiger partial charge in [-0.2, -0.15) is 4.40 Å². The molecule has 7 heteroatoms. The van der Waals surface area contributed by atoms with E-state index < -0.39 is 21.1 Å². The van der Waals surface area contributed by atoms with E-state index in [0.717, 1.165) is 6.21 Å². The van der Waals surface area contributed by atoms with Crippen molar-refractivity contribution in [1.82, 2.24) is 0 Å². The van der Waals surface area contributed by atoms with Crippen LogP contribution in [0.5, 0.6) is 5.75 Å². The summed E-state index contributed by atoms with van der Waals surface area (Å²) >= 11 is 0. The van der Waals surface area contributed by atoms with Crippen molar-refractivity contribution in [3.8, 4) is 5.75 Å². The highest BCUT2D eigenvalue weighted by molar-refractivity contribution is 7.90. The summed E-state index contributed by atoms with van der Waals surface area (Å²) in [5.41, 5.74) is 6.02. The van der Waals surface area contributed by atoms with Crippen LogP contribution in [0, 0.1) is 12.7 Å². The molecule has 0 radical (unpaired) electrons. The SMILES string of the molecule is Cc1ccc(OC(N)=CC=NS(=O)(=O)C(C)C)cc1F. The quantitative estimate of drug-likeness (QED) is 0.667. The standard InChI is InChI=1S/C13H17FN2O3S/c1-9(2)20(17,18)16-7-6-13(15)19-11-5-4-10(3)12(14)8-11/h4-9H,15H2,1-3H3. The van der Waals surface area contributed by atoms with E-state index >= 15 is 0 Å². The van der Waals surface area contributed by atoms with Gasteiger partial charge in [-0.1, -0.05) is 6.07 Å². The van der Waals surface area contributed by atoms with Crippen molar-refractivity contribution in [3.63, 3.8) is 0 Å². The molecule has 1 rings (SSSR count). The maximum Gasteiger partial charge on any atom is 0.255 e. The number of hydrogen-bond donors (Lipinski definition) is 1. The van der Waals surface area contributed by atoms with Crippen LogP contribution in [-0.2, 0) is 10.0 Å². The smallest absolute Gasteiger partial charge is 0.255 e. The summed E-state index contributed by atoms with van der Waals surface area (Å²) in [6.07, 6.45) is 2.23. The van der Waals surface area contributed by atoms with Gasteiger partial charge < -0.3 is 10.5 Å². The maximum absolute atomic E-state index is 13.3. The Morgan fingerprint density at radius 1 is 1.45 bits per heavy atom. The topological polar surface area (TPSA) is 81.8 Å². The van der Waals surface area contributed by atoms with Crippen molar-refractivity contribution in [3.05, 3.63) is 41.5 Å². The molecule has 0 atom stereocenters. The van der Waals surface area contributed by atoms with Crippen molar-refractivity contribution in [2.24, 2.45) is 10.1 Å². The zero-order valence-corrected chi connectivity index (χ0v) is 12.3. The van der Waals surface area contributed by atoms with Crippen LogP contribution in [0.1, 0.15) is 19.4 Å². The lowest BCUT2D eigenvalue weighted by Gasteiger charge is -2.05. The number of allylic oxidation sites excluding steroid dienone is 1.